The molecule has 0 aliphatic heterocycles. The summed E-state index contributed by atoms with van der Waals surface area (Å²) in [5.74, 6) is 1.82. The summed E-state index contributed by atoms with van der Waals surface area (Å²) in [5, 5.41) is 2.96. The Bertz CT molecular complexity index is 729. The maximum Gasteiger partial charge on any atom is 0.261 e. The van der Waals surface area contributed by atoms with E-state index in [0.717, 1.165) is 11.1 Å². The molecule has 2 aromatic carbocycles. The van der Waals surface area contributed by atoms with Gasteiger partial charge in [0.25, 0.3) is 5.91 Å². The molecule has 25 heavy (non-hydrogen) atoms. The normalized spacial score (nSPS) is 12.8. The van der Waals surface area contributed by atoms with Gasteiger partial charge >= 0.3 is 0 Å². The van der Waals surface area contributed by atoms with Crippen LogP contribution in [0, 0.1) is 6.92 Å². The fraction of sp³-hybridized carbons (Fsp3) is 0.350. The molecule has 5 nitrogen and oxygen atoms in total. The van der Waals surface area contributed by atoms with Gasteiger partial charge in [-0.3, -0.25) is 4.79 Å². The summed E-state index contributed by atoms with van der Waals surface area (Å²) in [5.41, 5.74) is 1.92. The van der Waals surface area contributed by atoms with Crippen LogP contribution in [0.2, 0.25) is 0 Å². The molecule has 0 saturated carbocycles. The third-order valence-electron chi connectivity index (χ3n) is 4.03. The van der Waals surface area contributed by atoms with Crippen LogP contribution in [0.15, 0.2) is 42.5 Å². The maximum atomic E-state index is 12.4. The lowest BCUT2D eigenvalue weighted by atomic mass is 10.1. The number of benzene rings is 2. The van der Waals surface area contributed by atoms with Gasteiger partial charge in [-0.2, -0.15) is 0 Å². The molecule has 5 heteroatoms. The van der Waals surface area contributed by atoms with Gasteiger partial charge in [0.1, 0.15) is 5.75 Å². The Balaban J connectivity index is 2.03. The Labute approximate surface area is 148 Å². The number of rotatable bonds is 7. The largest absolute Gasteiger partial charge is 0.493 e. The summed E-state index contributed by atoms with van der Waals surface area (Å²) in [6.07, 6.45) is -0.594. The molecule has 0 spiro atoms. The number of carbonyl (C=O) groups excluding carboxylic acids is 1. The fourth-order valence-corrected chi connectivity index (χ4v) is 2.47. The molecule has 0 radical (unpaired) electrons. The van der Waals surface area contributed by atoms with Gasteiger partial charge in [-0.25, -0.2) is 0 Å². The summed E-state index contributed by atoms with van der Waals surface area (Å²) in [6.45, 7) is 5.61. The van der Waals surface area contributed by atoms with E-state index in [4.69, 9.17) is 14.2 Å². The van der Waals surface area contributed by atoms with Crippen LogP contribution in [0.25, 0.3) is 0 Å². The number of nitrogens with one attached hydrogen (secondary N) is 1. The highest BCUT2D eigenvalue weighted by molar-refractivity contribution is 5.81. The predicted molar refractivity (Wildman–Crippen MR) is 97.4 cm³/mol. The van der Waals surface area contributed by atoms with Crippen LogP contribution < -0.4 is 19.5 Å². The Hall–Kier alpha value is -2.69. The standard InChI is InChI=1S/C20H25NO4/c1-13-8-6-7-9-17(13)25-15(3)20(22)21-14(2)16-10-11-18(23-4)19(12-16)24-5/h6-12,14-15H,1-5H3,(H,21,22)/t14-,15-/m1/s1. The third kappa shape index (κ3) is 4.66. The van der Waals surface area contributed by atoms with Gasteiger partial charge in [-0.1, -0.05) is 24.3 Å². The molecule has 134 valence electrons. The number of methoxy groups -OCH3 is 2. The summed E-state index contributed by atoms with van der Waals surface area (Å²) in [6, 6.07) is 13.0. The lowest BCUT2D eigenvalue weighted by molar-refractivity contribution is -0.127. The quantitative estimate of drug-likeness (QED) is 0.834. The van der Waals surface area contributed by atoms with Crippen molar-refractivity contribution in [3.05, 3.63) is 53.6 Å². The van der Waals surface area contributed by atoms with Crippen molar-refractivity contribution in [2.24, 2.45) is 0 Å². The molecule has 1 N–H and O–H groups in total. The number of amides is 1. The molecule has 2 atom stereocenters. The second-order valence-corrected chi connectivity index (χ2v) is 5.87. The van der Waals surface area contributed by atoms with E-state index in [1.165, 1.54) is 0 Å². The molecule has 0 aliphatic carbocycles. The Morgan fingerprint density at radius 2 is 1.64 bits per heavy atom. The zero-order valence-corrected chi connectivity index (χ0v) is 15.3. The van der Waals surface area contributed by atoms with Gasteiger partial charge < -0.3 is 19.5 Å². The zero-order chi connectivity index (χ0) is 18.4. The highest BCUT2D eigenvalue weighted by Gasteiger charge is 2.19. The van der Waals surface area contributed by atoms with E-state index in [-0.39, 0.29) is 11.9 Å². The molecule has 0 aromatic heterocycles. The molecule has 1 amide bonds. The Kier molecular flexibility index (Phi) is 6.28. The topological polar surface area (TPSA) is 56.8 Å². The molecule has 0 fully saturated rings. The van der Waals surface area contributed by atoms with Crippen molar-refractivity contribution >= 4 is 5.91 Å². The first-order chi connectivity index (χ1) is 12.0. The van der Waals surface area contributed by atoms with Crippen molar-refractivity contribution in [3.63, 3.8) is 0 Å². The van der Waals surface area contributed by atoms with Gasteiger partial charge in [-0.15, -0.1) is 0 Å². The van der Waals surface area contributed by atoms with Crippen molar-refractivity contribution in [1.82, 2.24) is 5.32 Å². The number of hydrogen-bond acceptors (Lipinski definition) is 4. The van der Waals surface area contributed by atoms with E-state index in [2.05, 4.69) is 5.32 Å². The molecule has 2 rings (SSSR count). The van der Waals surface area contributed by atoms with E-state index >= 15 is 0 Å². The van der Waals surface area contributed by atoms with E-state index in [1.807, 2.05) is 56.3 Å². The SMILES string of the molecule is COc1ccc([C@@H](C)NC(=O)[C@@H](C)Oc2ccccc2C)cc1OC. The van der Waals surface area contributed by atoms with Crippen molar-refractivity contribution < 1.29 is 19.0 Å². The van der Waals surface area contributed by atoms with E-state index in [0.29, 0.717) is 17.2 Å². The fourth-order valence-electron chi connectivity index (χ4n) is 2.47. The molecule has 0 saturated heterocycles. The molecule has 0 aliphatic rings. The van der Waals surface area contributed by atoms with Crippen LogP contribution in [0.5, 0.6) is 17.2 Å². The van der Waals surface area contributed by atoms with Gasteiger partial charge in [0.05, 0.1) is 20.3 Å². The number of ether oxygens (including phenoxy) is 3. The first kappa shape index (κ1) is 18.6. The minimum Gasteiger partial charge on any atom is -0.493 e. The van der Waals surface area contributed by atoms with Crippen LogP contribution in [-0.4, -0.2) is 26.2 Å². The van der Waals surface area contributed by atoms with Gasteiger partial charge in [0.2, 0.25) is 0 Å². The van der Waals surface area contributed by atoms with E-state index < -0.39 is 6.10 Å². The smallest absolute Gasteiger partial charge is 0.261 e. The molecular weight excluding hydrogens is 318 g/mol. The van der Waals surface area contributed by atoms with Gasteiger partial charge in [0.15, 0.2) is 17.6 Å². The average Bonchev–Trinajstić information content (AvgIpc) is 2.62. The highest BCUT2D eigenvalue weighted by atomic mass is 16.5. The molecular formula is C20H25NO4. The van der Waals surface area contributed by atoms with Crippen LogP contribution in [0.1, 0.15) is 31.0 Å². The van der Waals surface area contributed by atoms with Crippen molar-refractivity contribution in [3.8, 4) is 17.2 Å². The minimum atomic E-state index is -0.594. The number of hydrogen-bond donors (Lipinski definition) is 1. The van der Waals surface area contributed by atoms with Crippen LogP contribution in [0.4, 0.5) is 0 Å². The van der Waals surface area contributed by atoms with E-state index in [1.54, 1.807) is 21.1 Å². The van der Waals surface area contributed by atoms with Crippen LogP contribution in [0.3, 0.4) is 0 Å². The number of para-hydroxylation sites is 1. The monoisotopic (exact) mass is 343 g/mol. The second-order valence-electron chi connectivity index (χ2n) is 5.87. The summed E-state index contributed by atoms with van der Waals surface area (Å²) in [4.78, 5) is 12.4. The summed E-state index contributed by atoms with van der Waals surface area (Å²) < 4.78 is 16.3. The van der Waals surface area contributed by atoms with E-state index in [9.17, 15) is 4.79 Å². The van der Waals surface area contributed by atoms with Crippen LogP contribution in [-0.2, 0) is 4.79 Å². The van der Waals surface area contributed by atoms with Crippen molar-refractivity contribution in [2.75, 3.05) is 14.2 Å². The first-order valence-corrected chi connectivity index (χ1v) is 8.20. The molecule has 0 heterocycles. The summed E-state index contributed by atoms with van der Waals surface area (Å²) >= 11 is 0. The highest BCUT2D eigenvalue weighted by Crippen LogP contribution is 2.30. The zero-order valence-electron chi connectivity index (χ0n) is 15.3. The Morgan fingerprint density at radius 1 is 0.960 bits per heavy atom. The lowest BCUT2D eigenvalue weighted by Gasteiger charge is -2.20. The predicted octanol–water partition coefficient (Wildman–Crippen LogP) is 3.66. The average molecular weight is 343 g/mol. The third-order valence-corrected chi connectivity index (χ3v) is 4.03. The Morgan fingerprint density at radius 3 is 2.28 bits per heavy atom. The van der Waals surface area contributed by atoms with Crippen molar-refractivity contribution in [1.29, 1.82) is 0 Å². The number of aryl methyl sites for hydroxylation is 1. The molecule has 2 aromatic rings. The van der Waals surface area contributed by atoms with Crippen molar-refractivity contribution in [2.45, 2.75) is 32.9 Å². The van der Waals surface area contributed by atoms with Gasteiger partial charge in [-0.05, 0) is 50.1 Å². The van der Waals surface area contributed by atoms with Crippen LogP contribution >= 0.6 is 0 Å². The number of carbonyl (C=O) groups is 1. The summed E-state index contributed by atoms with van der Waals surface area (Å²) in [7, 11) is 3.18. The minimum absolute atomic E-state index is 0.175. The maximum absolute atomic E-state index is 12.4. The first-order valence-electron chi connectivity index (χ1n) is 8.20. The second kappa shape index (κ2) is 8.42. The molecule has 0 bridgehead atoms. The molecule has 0 unspecified atom stereocenters. The van der Waals surface area contributed by atoms with Gasteiger partial charge in [0, 0.05) is 0 Å². The lowest BCUT2D eigenvalue weighted by Crippen LogP contribution is -2.37.